The molecule has 0 aliphatic heterocycles. The van der Waals surface area contributed by atoms with Crippen molar-refractivity contribution in [1.29, 1.82) is 5.26 Å². The van der Waals surface area contributed by atoms with Crippen molar-refractivity contribution >= 4 is 5.71 Å². The van der Waals surface area contributed by atoms with Gasteiger partial charge in [0.2, 0.25) is 0 Å². The molecule has 0 amide bonds. The molecule has 0 heterocycles. The fourth-order valence-corrected chi connectivity index (χ4v) is 0.531. The first kappa shape index (κ1) is 16.8. The van der Waals surface area contributed by atoms with E-state index in [1.54, 1.807) is 19.1 Å². The monoisotopic (exact) mass is 232 g/mol. The molecule has 0 fully saturated rings. The van der Waals surface area contributed by atoms with Crippen LogP contribution in [0, 0.1) is 11.3 Å². The van der Waals surface area contributed by atoms with Gasteiger partial charge in [-0.15, -0.1) is 0 Å². The lowest BCUT2D eigenvalue weighted by Crippen LogP contribution is -2.19. The molecule has 0 aliphatic carbocycles. The van der Waals surface area contributed by atoms with Crippen molar-refractivity contribution in [2.75, 3.05) is 0 Å². The third-order valence-corrected chi connectivity index (χ3v) is 1.26. The maximum absolute atomic E-state index is 12.0. The Morgan fingerprint density at radius 1 is 1.31 bits per heavy atom. The summed E-state index contributed by atoms with van der Waals surface area (Å²) in [4.78, 5) is 3.14. The molecule has 2 nitrogen and oxygen atoms in total. The number of nitriles is 1. The molecular formula is C11H15F3N2. The molecule has 0 saturated carbocycles. The molecule has 0 N–H and O–H groups in total. The number of nitrogens with zero attached hydrogens (tertiary/aromatic N) is 2. The highest BCUT2D eigenvalue weighted by Crippen LogP contribution is 2.18. The highest BCUT2D eigenvalue weighted by molar-refractivity contribution is 5.88. The Hall–Kier alpha value is -1.57. The Morgan fingerprint density at radius 3 is 2.12 bits per heavy atom. The van der Waals surface area contributed by atoms with Crippen molar-refractivity contribution < 1.29 is 13.2 Å². The molecule has 16 heavy (non-hydrogen) atoms. The van der Waals surface area contributed by atoms with E-state index in [9.17, 15) is 13.2 Å². The van der Waals surface area contributed by atoms with Crippen LogP contribution in [-0.4, -0.2) is 11.9 Å². The summed E-state index contributed by atoms with van der Waals surface area (Å²) in [6.07, 6.45) is -0.220. The van der Waals surface area contributed by atoms with Crippen LogP contribution in [0.3, 0.4) is 0 Å². The highest BCUT2D eigenvalue weighted by Gasteiger charge is 2.31. The predicted molar refractivity (Wildman–Crippen MR) is 59.0 cm³/mol. The zero-order chi connectivity index (χ0) is 13.2. The number of alkyl halides is 3. The largest absolute Gasteiger partial charge is 0.429 e. The second-order valence-corrected chi connectivity index (χ2v) is 2.38. The first-order chi connectivity index (χ1) is 7.41. The second-order valence-electron chi connectivity index (χ2n) is 2.38. The van der Waals surface area contributed by atoms with Crippen molar-refractivity contribution in [2.45, 2.75) is 33.9 Å². The van der Waals surface area contributed by atoms with Crippen LogP contribution in [0.15, 0.2) is 28.9 Å². The average molecular weight is 232 g/mol. The Kier molecular flexibility index (Phi) is 9.18. The molecule has 0 spiro atoms. The number of allylic oxidation sites excluding steroid dienone is 4. The van der Waals surface area contributed by atoms with E-state index in [2.05, 4.69) is 4.99 Å². The van der Waals surface area contributed by atoms with Gasteiger partial charge in [0.1, 0.15) is 17.5 Å². The zero-order valence-electron chi connectivity index (χ0n) is 9.76. The van der Waals surface area contributed by atoms with Crippen LogP contribution in [0.4, 0.5) is 13.2 Å². The van der Waals surface area contributed by atoms with Crippen LogP contribution in [-0.2, 0) is 0 Å². The summed E-state index contributed by atoms with van der Waals surface area (Å²) in [7, 11) is 0. The van der Waals surface area contributed by atoms with Crippen LogP contribution >= 0.6 is 0 Å². The average Bonchev–Trinajstić information content (AvgIpc) is 2.25. The zero-order valence-corrected chi connectivity index (χ0v) is 9.76. The van der Waals surface area contributed by atoms with E-state index in [4.69, 9.17) is 5.26 Å². The SMILES string of the molecule is CC.CC=C/C=C(/C#N)N=C(C)C(F)(F)F. The first-order valence-electron chi connectivity index (χ1n) is 4.77. The van der Waals surface area contributed by atoms with Crippen molar-refractivity contribution in [1.82, 2.24) is 0 Å². The van der Waals surface area contributed by atoms with Gasteiger partial charge in [-0.1, -0.05) is 26.0 Å². The van der Waals surface area contributed by atoms with E-state index in [-0.39, 0.29) is 5.70 Å². The number of aliphatic imine (C=N–C) groups is 1. The lowest BCUT2D eigenvalue weighted by Gasteiger charge is -2.03. The molecule has 0 rings (SSSR count). The maximum Gasteiger partial charge on any atom is 0.429 e. The van der Waals surface area contributed by atoms with E-state index in [0.717, 1.165) is 6.92 Å². The Labute approximate surface area is 93.8 Å². The molecule has 0 aromatic carbocycles. The summed E-state index contributed by atoms with van der Waals surface area (Å²) >= 11 is 0. The van der Waals surface area contributed by atoms with Gasteiger partial charge in [-0.05, 0) is 19.9 Å². The molecule has 0 aromatic heterocycles. The van der Waals surface area contributed by atoms with Gasteiger partial charge in [-0.2, -0.15) is 18.4 Å². The minimum atomic E-state index is -4.48. The van der Waals surface area contributed by atoms with Crippen LogP contribution in [0.25, 0.3) is 0 Å². The van der Waals surface area contributed by atoms with Gasteiger partial charge in [0.05, 0.1) is 0 Å². The van der Waals surface area contributed by atoms with E-state index < -0.39 is 11.9 Å². The number of rotatable bonds is 2. The van der Waals surface area contributed by atoms with Crippen molar-refractivity contribution in [3.63, 3.8) is 0 Å². The van der Waals surface area contributed by atoms with Crippen LogP contribution < -0.4 is 0 Å². The lowest BCUT2D eigenvalue weighted by molar-refractivity contribution is -0.0592. The van der Waals surface area contributed by atoms with E-state index in [1.165, 1.54) is 12.2 Å². The van der Waals surface area contributed by atoms with Gasteiger partial charge in [-0.3, -0.25) is 0 Å². The van der Waals surface area contributed by atoms with Gasteiger partial charge in [0, 0.05) is 0 Å². The summed E-state index contributed by atoms with van der Waals surface area (Å²) < 4.78 is 35.9. The van der Waals surface area contributed by atoms with E-state index >= 15 is 0 Å². The number of halogens is 3. The molecule has 0 saturated heterocycles. The van der Waals surface area contributed by atoms with Gasteiger partial charge in [-0.25, -0.2) is 4.99 Å². The summed E-state index contributed by atoms with van der Waals surface area (Å²) in [5.41, 5.74) is -1.30. The van der Waals surface area contributed by atoms with Crippen molar-refractivity contribution in [3.05, 3.63) is 23.9 Å². The summed E-state index contributed by atoms with van der Waals surface area (Å²) in [5.74, 6) is 0. The molecule has 0 atom stereocenters. The normalized spacial score (nSPS) is 13.1. The minimum Gasteiger partial charge on any atom is -0.237 e. The summed E-state index contributed by atoms with van der Waals surface area (Å²) in [6.45, 7) is 6.51. The minimum absolute atomic E-state index is 0.266. The summed E-state index contributed by atoms with van der Waals surface area (Å²) in [5, 5.41) is 8.44. The Bertz CT molecular complexity index is 317. The molecule has 0 unspecified atom stereocenters. The fourth-order valence-electron chi connectivity index (χ4n) is 0.531. The molecule has 0 radical (unpaired) electrons. The molecule has 0 bridgehead atoms. The highest BCUT2D eigenvalue weighted by atomic mass is 19.4. The maximum atomic E-state index is 12.0. The van der Waals surface area contributed by atoms with Crippen LogP contribution in [0.1, 0.15) is 27.7 Å². The second kappa shape index (κ2) is 8.72. The van der Waals surface area contributed by atoms with Gasteiger partial charge in [0.25, 0.3) is 0 Å². The Balaban J connectivity index is 0. The van der Waals surface area contributed by atoms with Gasteiger partial charge in [0.15, 0.2) is 0 Å². The molecule has 90 valence electrons. The Morgan fingerprint density at radius 2 is 1.81 bits per heavy atom. The van der Waals surface area contributed by atoms with Crippen molar-refractivity contribution in [3.8, 4) is 6.07 Å². The third-order valence-electron chi connectivity index (χ3n) is 1.26. The number of hydrogen-bond donors (Lipinski definition) is 0. The third kappa shape index (κ3) is 7.80. The summed E-state index contributed by atoms with van der Waals surface area (Å²) in [6, 6.07) is 1.56. The quantitative estimate of drug-likeness (QED) is 0.402. The predicted octanol–water partition coefficient (Wildman–Crippen LogP) is 4.02. The smallest absolute Gasteiger partial charge is 0.237 e. The lowest BCUT2D eigenvalue weighted by atomic mass is 10.3. The first-order valence-corrected chi connectivity index (χ1v) is 4.77. The van der Waals surface area contributed by atoms with E-state index in [0.29, 0.717) is 0 Å². The fraction of sp³-hybridized carbons (Fsp3) is 0.455. The molecule has 0 aromatic rings. The van der Waals surface area contributed by atoms with Crippen LogP contribution in [0.2, 0.25) is 0 Å². The van der Waals surface area contributed by atoms with Gasteiger partial charge < -0.3 is 0 Å². The van der Waals surface area contributed by atoms with Crippen LogP contribution in [0.5, 0.6) is 0 Å². The standard InChI is InChI=1S/C9H9F3N2.C2H6/c1-3-4-5-8(6-13)14-7(2)9(10,11)12;1-2/h3-5H,1-2H3;1-2H3/b4-3?,8-5-,14-7?;. The number of hydrogen-bond acceptors (Lipinski definition) is 2. The van der Waals surface area contributed by atoms with Gasteiger partial charge >= 0.3 is 6.18 Å². The topological polar surface area (TPSA) is 36.1 Å². The molecule has 5 heteroatoms. The molecule has 0 aliphatic rings. The van der Waals surface area contributed by atoms with E-state index in [1.807, 2.05) is 13.8 Å². The van der Waals surface area contributed by atoms with Crippen molar-refractivity contribution in [2.24, 2.45) is 4.99 Å². The molecular weight excluding hydrogens is 217 g/mol.